The number of fused-ring (bicyclic) bond motifs is 1. The SMILES string of the molecule is COCN1C2=C(C(C)CC(C(O)C3=NN=CCCC3)=C2)N(C)c2nccnc21. The highest BCUT2D eigenvalue weighted by Gasteiger charge is 2.36. The third-order valence-corrected chi connectivity index (χ3v) is 5.44. The Morgan fingerprint density at radius 2 is 2.07 bits per heavy atom. The second-order valence-electron chi connectivity index (χ2n) is 7.39. The number of anilines is 2. The maximum absolute atomic E-state index is 11.0. The molecule has 4 rings (SSSR count). The molecule has 3 aliphatic rings. The van der Waals surface area contributed by atoms with Crippen LogP contribution in [0.2, 0.25) is 0 Å². The Morgan fingerprint density at radius 1 is 1.29 bits per heavy atom. The van der Waals surface area contributed by atoms with Gasteiger partial charge in [0.25, 0.3) is 0 Å². The Kier molecular flexibility index (Phi) is 5.23. The number of aliphatic hydroxyl groups is 1. The molecule has 1 N–H and O–H groups in total. The maximum atomic E-state index is 11.0. The molecule has 0 aromatic carbocycles. The molecule has 1 aromatic heterocycles. The van der Waals surface area contributed by atoms with Crippen LogP contribution in [0, 0.1) is 5.92 Å². The minimum Gasteiger partial charge on any atom is -0.383 e. The van der Waals surface area contributed by atoms with E-state index < -0.39 is 6.10 Å². The smallest absolute Gasteiger partial charge is 0.178 e. The number of aromatic nitrogens is 2. The van der Waals surface area contributed by atoms with Gasteiger partial charge in [0, 0.05) is 44.4 Å². The standard InChI is InChI=1S/C20H26N6O2/c1-13-10-14(18(27)15-6-4-5-7-23-24-15)11-16-17(13)25(2)19-20(22-9-8-21-19)26(16)12-28-3/h7-9,11,13,18,27H,4-6,10,12H2,1-3H3. The van der Waals surface area contributed by atoms with Gasteiger partial charge in [0.1, 0.15) is 12.8 Å². The third kappa shape index (κ3) is 3.22. The highest BCUT2D eigenvalue weighted by atomic mass is 16.5. The van der Waals surface area contributed by atoms with Crippen molar-refractivity contribution >= 4 is 23.6 Å². The molecule has 1 aliphatic carbocycles. The summed E-state index contributed by atoms with van der Waals surface area (Å²) in [6.07, 6.45) is 9.90. The van der Waals surface area contributed by atoms with E-state index in [0.717, 1.165) is 60.0 Å². The van der Waals surface area contributed by atoms with Gasteiger partial charge in [-0.1, -0.05) is 6.92 Å². The van der Waals surface area contributed by atoms with Crippen LogP contribution < -0.4 is 9.80 Å². The molecule has 2 unspecified atom stereocenters. The molecule has 0 radical (unpaired) electrons. The van der Waals surface area contributed by atoms with Crippen molar-refractivity contribution in [3.05, 3.63) is 35.4 Å². The molecular formula is C20H26N6O2. The average molecular weight is 382 g/mol. The molecule has 0 amide bonds. The Hall–Kier alpha value is -2.58. The van der Waals surface area contributed by atoms with Gasteiger partial charge in [-0.25, -0.2) is 9.97 Å². The molecule has 3 heterocycles. The van der Waals surface area contributed by atoms with Crippen molar-refractivity contribution in [3.8, 4) is 0 Å². The fourth-order valence-corrected chi connectivity index (χ4v) is 4.16. The number of hydrogen-bond acceptors (Lipinski definition) is 8. The first kappa shape index (κ1) is 18.8. The van der Waals surface area contributed by atoms with Gasteiger partial charge in [0.05, 0.1) is 11.4 Å². The van der Waals surface area contributed by atoms with Crippen LogP contribution >= 0.6 is 0 Å². The van der Waals surface area contributed by atoms with E-state index in [-0.39, 0.29) is 5.92 Å². The van der Waals surface area contributed by atoms with E-state index in [4.69, 9.17) is 4.74 Å². The zero-order valence-corrected chi connectivity index (χ0v) is 16.5. The number of nitrogens with zero attached hydrogens (tertiary/aromatic N) is 6. The molecule has 2 aliphatic heterocycles. The number of ether oxygens (including phenoxy) is 1. The van der Waals surface area contributed by atoms with Crippen LogP contribution in [0.3, 0.4) is 0 Å². The lowest BCUT2D eigenvalue weighted by Crippen LogP contribution is -2.41. The highest BCUT2D eigenvalue weighted by molar-refractivity contribution is 5.92. The molecule has 2 atom stereocenters. The van der Waals surface area contributed by atoms with Gasteiger partial charge in [0.15, 0.2) is 11.6 Å². The summed E-state index contributed by atoms with van der Waals surface area (Å²) in [5, 5.41) is 19.3. The quantitative estimate of drug-likeness (QED) is 0.861. The number of aliphatic hydroxyl groups excluding tert-OH is 1. The second kappa shape index (κ2) is 7.81. The van der Waals surface area contributed by atoms with Gasteiger partial charge < -0.3 is 14.7 Å². The number of hydrogen-bond donors (Lipinski definition) is 1. The van der Waals surface area contributed by atoms with Gasteiger partial charge in [-0.15, -0.1) is 0 Å². The summed E-state index contributed by atoms with van der Waals surface area (Å²) in [6.45, 7) is 2.53. The Morgan fingerprint density at radius 3 is 2.86 bits per heavy atom. The van der Waals surface area contributed by atoms with Crippen LogP contribution in [0.15, 0.2) is 45.6 Å². The molecule has 0 saturated carbocycles. The first-order valence-electron chi connectivity index (χ1n) is 9.64. The summed E-state index contributed by atoms with van der Waals surface area (Å²) in [7, 11) is 3.68. The van der Waals surface area contributed by atoms with Crippen LogP contribution in [0.5, 0.6) is 0 Å². The van der Waals surface area contributed by atoms with Crippen LogP contribution in [0.1, 0.15) is 32.6 Å². The molecule has 148 valence electrons. The van der Waals surface area contributed by atoms with Gasteiger partial charge in [0.2, 0.25) is 0 Å². The predicted octanol–water partition coefficient (Wildman–Crippen LogP) is 2.49. The van der Waals surface area contributed by atoms with E-state index in [1.54, 1.807) is 19.5 Å². The van der Waals surface area contributed by atoms with Gasteiger partial charge in [-0.2, -0.15) is 10.2 Å². The summed E-state index contributed by atoms with van der Waals surface area (Å²) in [5.41, 5.74) is 3.83. The van der Waals surface area contributed by atoms with Crippen molar-refractivity contribution in [1.29, 1.82) is 0 Å². The molecule has 0 fully saturated rings. The fraction of sp³-hybridized carbons (Fsp3) is 0.500. The lowest BCUT2D eigenvalue weighted by atomic mass is 9.84. The summed E-state index contributed by atoms with van der Waals surface area (Å²) >= 11 is 0. The monoisotopic (exact) mass is 382 g/mol. The van der Waals surface area contributed by atoms with Crippen LogP contribution in [0.4, 0.5) is 11.6 Å². The summed E-state index contributed by atoms with van der Waals surface area (Å²) in [4.78, 5) is 13.2. The molecule has 0 saturated heterocycles. The van der Waals surface area contributed by atoms with Crippen molar-refractivity contribution in [2.24, 2.45) is 16.1 Å². The van der Waals surface area contributed by atoms with E-state index in [2.05, 4.69) is 38.1 Å². The zero-order valence-electron chi connectivity index (χ0n) is 16.5. The molecule has 8 heteroatoms. The Balaban J connectivity index is 1.76. The average Bonchev–Trinajstić information content (AvgIpc) is 2.99. The van der Waals surface area contributed by atoms with Crippen LogP contribution in [-0.4, -0.2) is 54.0 Å². The fourth-order valence-electron chi connectivity index (χ4n) is 4.16. The first-order valence-corrected chi connectivity index (χ1v) is 9.64. The van der Waals surface area contributed by atoms with Crippen LogP contribution in [0.25, 0.3) is 0 Å². The van der Waals surface area contributed by atoms with Crippen molar-refractivity contribution in [3.63, 3.8) is 0 Å². The lowest BCUT2D eigenvalue weighted by Gasteiger charge is -2.42. The van der Waals surface area contributed by atoms with E-state index in [1.807, 2.05) is 18.2 Å². The van der Waals surface area contributed by atoms with Gasteiger partial charge >= 0.3 is 0 Å². The topological polar surface area (TPSA) is 86.4 Å². The van der Waals surface area contributed by atoms with Crippen molar-refractivity contribution < 1.29 is 9.84 Å². The minimum absolute atomic E-state index is 0.207. The lowest BCUT2D eigenvalue weighted by molar-refractivity contribution is 0.202. The Labute approximate surface area is 165 Å². The molecular weight excluding hydrogens is 356 g/mol. The number of allylic oxidation sites excluding steroid dienone is 2. The summed E-state index contributed by atoms with van der Waals surface area (Å²) < 4.78 is 5.46. The van der Waals surface area contributed by atoms with Crippen molar-refractivity contribution in [2.75, 3.05) is 30.7 Å². The van der Waals surface area contributed by atoms with E-state index in [9.17, 15) is 5.11 Å². The molecule has 8 nitrogen and oxygen atoms in total. The third-order valence-electron chi connectivity index (χ3n) is 5.44. The molecule has 0 spiro atoms. The summed E-state index contributed by atoms with van der Waals surface area (Å²) in [5.74, 6) is 1.77. The molecule has 1 aromatic rings. The Bertz CT molecular complexity index is 875. The van der Waals surface area contributed by atoms with Crippen molar-refractivity contribution in [2.45, 2.75) is 38.7 Å². The van der Waals surface area contributed by atoms with E-state index >= 15 is 0 Å². The number of rotatable bonds is 4. The van der Waals surface area contributed by atoms with Crippen LogP contribution in [-0.2, 0) is 4.74 Å². The summed E-state index contributed by atoms with van der Waals surface area (Å²) in [6, 6.07) is 0. The van der Waals surface area contributed by atoms with Gasteiger partial charge in [-0.05, 0) is 37.3 Å². The molecule has 0 bridgehead atoms. The van der Waals surface area contributed by atoms with E-state index in [1.165, 1.54) is 0 Å². The first-order chi connectivity index (χ1) is 13.6. The van der Waals surface area contributed by atoms with Gasteiger partial charge in [-0.3, -0.25) is 4.90 Å². The second-order valence-corrected chi connectivity index (χ2v) is 7.39. The maximum Gasteiger partial charge on any atom is 0.178 e. The van der Waals surface area contributed by atoms with E-state index in [0.29, 0.717) is 6.73 Å². The molecule has 28 heavy (non-hydrogen) atoms. The largest absolute Gasteiger partial charge is 0.383 e. The minimum atomic E-state index is -0.718. The zero-order chi connectivity index (χ0) is 19.7. The highest BCUT2D eigenvalue weighted by Crippen LogP contribution is 2.43. The predicted molar refractivity (Wildman–Crippen MR) is 109 cm³/mol. The normalized spacial score (nSPS) is 22.9. The number of methoxy groups -OCH3 is 1. The van der Waals surface area contributed by atoms with Crippen molar-refractivity contribution in [1.82, 2.24) is 9.97 Å².